The van der Waals surface area contributed by atoms with Crippen molar-refractivity contribution in [2.24, 2.45) is 0 Å². The van der Waals surface area contributed by atoms with Crippen molar-refractivity contribution in [1.82, 2.24) is 0 Å². The van der Waals surface area contributed by atoms with Crippen molar-refractivity contribution in [3.63, 3.8) is 0 Å². The van der Waals surface area contributed by atoms with Gasteiger partial charge in [0, 0.05) is 16.9 Å². The van der Waals surface area contributed by atoms with Crippen molar-refractivity contribution < 1.29 is 27.7 Å². The van der Waals surface area contributed by atoms with Crippen LogP contribution in [0, 0.1) is 0 Å². The maximum atomic E-state index is 5.70. The Bertz CT molecular complexity index is 540. The Labute approximate surface area is 169 Å². The Balaban J connectivity index is -0.000000576. The lowest BCUT2D eigenvalue weighted by Gasteiger charge is -2.05. The number of hydrogen-bond acceptors (Lipinski definition) is 2. The van der Waals surface area contributed by atoms with Crippen molar-refractivity contribution in [1.29, 1.82) is 0 Å². The zero-order valence-electron chi connectivity index (χ0n) is 16.2. The summed E-state index contributed by atoms with van der Waals surface area (Å²) in [4.78, 5) is 1.15. The molecule has 0 N–H and O–H groups in total. The molecule has 28 heavy (non-hydrogen) atoms. The second-order valence-electron chi connectivity index (χ2n) is 5.99. The molecule has 0 aliphatic rings. The van der Waals surface area contributed by atoms with E-state index in [-0.39, 0.29) is 23.5 Å². The molecule has 0 aromatic heterocycles. The minimum absolute atomic E-state index is 0. The first kappa shape index (κ1) is 33.9. The summed E-state index contributed by atoms with van der Waals surface area (Å²) >= 11 is 1.44. The molecular formula is C21H33F5OS. The van der Waals surface area contributed by atoms with Gasteiger partial charge in [0.15, 0.2) is 0 Å². The molecular weight excluding hydrogens is 395 g/mol. The van der Waals surface area contributed by atoms with Gasteiger partial charge in [0.25, 0.3) is 0 Å². The van der Waals surface area contributed by atoms with Crippen molar-refractivity contribution in [2.75, 3.05) is 0 Å². The maximum Gasteiger partial charge on any atom is 0.0869 e. The van der Waals surface area contributed by atoms with Gasteiger partial charge in [-0.25, -0.2) is 0 Å². The van der Waals surface area contributed by atoms with E-state index in [0.29, 0.717) is 6.61 Å². The van der Waals surface area contributed by atoms with Crippen LogP contribution in [0.25, 0.3) is 0 Å². The van der Waals surface area contributed by atoms with Gasteiger partial charge in [-0.1, -0.05) is 81.5 Å². The number of halogens is 5. The molecule has 2 aromatic carbocycles. The quantitative estimate of drug-likeness (QED) is 0.207. The highest BCUT2D eigenvalue weighted by atomic mass is 32.2. The molecule has 2 aromatic rings. The summed E-state index contributed by atoms with van der Waals surface area (Å²) in [6.07, 6.45) is 9.36. The third-order valence-corrected chi connectivity index (χ3v) is 4.67. The van der Waals surface area contributed by atoms with Gasteiger partial charge >= 0.3 is 0 Å². The summed E-state index contributed by atoms with van der Waals surface area (Å²) in [5.74, 6) is 0. The molecule has 0 radical (unpaired) electrons. The Morgan fingerprint density at radius 1 is 0.643 bits per heavy atom. The number of aryl methyl sites for hydroxylation is 1. The van der Waals surface area contributed by atoms with Gasteiger partial charge in [-0.2, -0.15) is 0 Å². The Morgan fingerprint density at radius 2 is 1.18 bits per heavy atom. The van der Waals surface area contributed by atoms with Crippen LogP contribution in [0.15, 0.2) is 59.5 Å². The fourth-order valence-electron chi connectivity index (χ4n) is 2.55. The van der Waals surface area contributed by atoms with Crippen molar-refractivity contribution in [2.45, 2.75) is 63.4 Å². The van der Waals surface area contributed by atoms with Gasteiger partial charge in [-0.15, -0.1) is 0 Å². The van der Waals surface area contributed by atoms with E-state index < -0.39 is 0 Å². The molecule has 0 heterocycles. The van der Waals surface area contributed by atoms with E-state index in [9.17, 15) is 0 Å². The van der Waals surface area contributed by atoms with Gasteiger partial charge in [0.1, 0.15) is 0 Å². The molecule has 1 nitrogen and oxygen atoms in total. The fourth-order valence-corrected chi connectivity index (χ4v) is 3.15. The molecule has 0 amide bonds. The normalized spacial score (nSPS) is 8.89. The number of hydrogen-bond donors (Lipinski definition) is 0. The monoisotopic (exact) mass is 428 g/mol. The van der Waals surface area contributed by atoms with Crippen LogP contribution in [-0.4, -0.2) is 0 Å². The Morgan fingerprint density at radius 3 is 1.79 bits per heavy atom. The summed E-state index contributed by atoms with van der Waals surface area (Å²) in [6, 6.07) is 19.1. The van der Waals surface area contributed by atoms with Crippen LogP contribution in [0.3, 0.4) is 0 Å². The van der Waals surface area contributed by atoms with Gasteiger partial charge in [0.05, 0.1) is 6.61 Å². The van der Waals surface area contributed by atoms with E-state index in [4.69, 9.17) is 4.18 Å². The molecule has 164 valence electrons. The van der Waals surface area contributed by atoms with Crippen LogP contribution in [0.2, 0.25) is 0 Å². The number of unbranched alkanes of at least 4 members (excludes halogenated alkanes) is 5. The van der Waals surface area contributed by atoms with E-state index in [1.165, 1.54) is 68.1 Å². The van der Waals surface area contributed by atoms with Crippen LogP contribution >= 0.6 is 12.0 Å². The molecule has 0 unspecified atom stereocenters. The van der Waals surface area contributed by atoms with Crippen molar-refractivity contribution >= 4 is 12.0 Å². The number of benzene rings is 2. The van der Waals surface area contributed by atoms with E-state index in [1.807, 2.05) is 18.2 Å². The molecule has 0 aliphatic heterocycles. The summed E-state index contributed by atoms with van der Waals surface area (Å²) in [6.45, 7) is 2.92. The van der Waals surface area contributed by atoms with Gasteiger partial charge in [-0.3, -0.25) is 23.5 Å². The molecule has 2 rings (SSSR count). The van der Waals surface area contributed by atoms with Crippen LogP contribution in [-0.2, 0) is 17.2 Å². The minimum Gasteiger partial charge on any atom is -0.305 e. The van der Waals surface area contributed by atoms with Gasteiger partial charge < -0.3 is 4.18 Å². The lowest BCUT2D eigenvalue weighted by atomic mass is 10.0. The molecule has 0 aliphatic carbocycles. The summed E-state index contributed by atoms with van der Waals surface area (Å²) < 4.78 is 5.70. The zero-order valence-corrected chi connectivity index (χ0v) is 17.0. The molecule has 0 saturated carbocycles. The molecule has 0 saturated heterocycles. The first-order valence-corrected chi connectivity index (χ1v) is 9.55. The molecule has 0 bridgehead atoms. The predicted molar refractivity (Wildman–Crippen MR) is 113 cm³/mol. The summed E-state index contributed by atoms with van der Waals surface area (Å²) in [5.41, 5.74) is 2.68. The predicted octanol–water partition coefficient (Wildman–Crippen LogP) is 7.58. The Hall–Kier alpha value is -1.60. The molecule has 0 spiro atoms. The van der Waals surface area contributed by atoms with Crippen molar-refractivity contribution in [3.05, 3.63) is 65.7 Å². The second-order valence-corrected chi connectivity index (χ2v) is 6.87. The average Bonchev–Trinajstić information content (AvgIpc) is 2.60. The standard InChI is InChI=1S/C21H28OS.5FH/c1-2-3-4-5-6-8-11-19-14-16-20(17-15-19)18-22-23-21-12-9-7-10-13-21;;;;;/h7,9-10,12-17H,2-6,8,11,18H2,1H3;5*1H. The smallest absolute Gasteiger partial charge is 0.0869 e. The van der Waals surface area contributed by atoms with Crippen LogP contribution in [0.1, 0.15) is 56.6 Å². The summed E-state index contributed by atoms with van der Waals surface area (Å²) in [7, 11) is 0. The maximum absolute atomic E-state index is 5.70. The lowest BCUT2D eigenvalue weighted by Crippen LogP contribution is -1.90. The van der Waals surface area contributed by atoms with E-state index in [0.717, 1.165) is 4.90 Å². The van der Waals surface area contributed by atoms with Crippen LogP contribution in [0.4, 0.5) is 23.5 Å². The van der Waals surface area contributed by atoms with E-state index >= 15 is 0 Å². The van der Waals surface area contributed by atoms with E-state index in [2.05, 4.69) is 43.3 Å². The van der Waals surface area contributed by atoms with E-state index in [1.54, 1.807) is 0 Å². The minimum atomic E-state index is 0. The third-order valence-electron chi connectivity index (χ3n) is 3.97. The van der Waals surface area contributed by atoms with Crippen LogP contribution in [0.5, 0.6) is 0 Å². The highest BCUT2D eigenvalue weighted by molar-refractivity contribution is 7.94. The average molecular weight is 429 g/mol. The van der Waals surface area contributed by atoms with Crippen LogP contribution < -0.4 is 0 Å². The topological polar surface area (TPSA) is 9.23 Å². The van der Waals surface area contributed by atoms with Gasteiger partial charge in [0.2, 0.25) is 0 Å². The van der Waals surface area contributed by atoms with Gasteiger partial charge in [-0.05, 0) is 36.1 Å². The molecule has 0 fully saturated rings. The fraction of sp³-hybridized carbons (Fsp3) is 0.429. The highest BCUT2D eigenvalue weighted by Crippen LogP contribution is 2.20. The number of rotatable bonds is 11. The highest BCUT2D eigenvalue weighted by Gasteiger charge is 1.98. The SMILES string of the molecule is CCCCCCCCc1ccc(COSc2ccccc2)cc1.F.F.F.F.F. The zero-order chi connectivity index (χ0) is 16.2. The Kier molecular flexibility index (Phi) is 26.3. The first-order chi connectivity index (χ1) is 11.4. The summed E-state index contributed by atoms with van der Waals surface area (Å²) in [5, 5.41) is 0. The third kappa shape index (κ3) is 14.5. The van der Waals surface area contributed by atoms with Crippen molar-refractivity contribution in [3.8, 4) is 0 Å². The second kappa shape index (κ2) is 21.7. The molecule has 7 heteroatoms. The lowest BCUT2D eigenvalue weighted by molar-refractivity contribution is 0.364. The first-order valence-electron chi connectivity index (χ1n) is 8.81. The largest absolute Gasteiger partial charge is 0.305 e. The molecule has 0 atom stereocenters.